The highest BCUT2D eigenvalue weighted by molar-refractivity contribution is 9.10. The Labute approximate surface area is 116 Å². The van der Waals surface area contributed by atoms with Crippen LogP contribution in [0.4, 0.5) is 0 Å². The number of rotatable bonds is 4. The summed E-state index contributed by atoms with van der Waals surface area (Å²) in [5.74, 6) is -0.120. The molecule has 1 aliphatic rings. The van der Waals surface area contributed by atoms with Crippen molar-refractivity contribution in [3.05, 3.63) is 34.3 Å². The van der Waals surface area contributed by atoms with Gasteiger partial charge in [-0.2, -0.15) is 0 Å². The van der Waals surface area contributed by atoms with Crippen LogP contribution in [0.2, 0.25) is 0 Å². The zero-order valence-corrected chi connectivity index (χ0v) is 12.1. The van der Waals surface area contributed by atoms with Gasteiger partial charge in [-0.15, -0.1) is 0 Å². The molecule has 0 amide bonds. The van der Waals surface area contributed by atoms with Gasteiger partial charge in [0, 0.05) is 10.9 Å². The van der Waals surface area contributed by atoms with E-state index in [0.29, 0.717) is 13.0 Å². The molecule has 98 valence electrons. The van der Waals surface area contributed by atoms with Crippen LogP contribution in [0.5, 0.6) is 0 Å². The van der Waals surface area contributed by atoms with Gasteiger partial charge in [0.05, 0.1) is 6.61 Å². The highest BCUT2D eigenvalue weighted by Gasteiger charge is 2.42. The van der Waals surface area contributed by atoms with Crippen LogP contribution in [0.15, 0.2) is 28.7 Å². The minimum absolute atomic E-state index is 0.120. The first-order valence-corrected chi connectivity index (χ1v) is 7.12. The van der Waals surface area contributed by atoms with Crippen LogP contribution >= 0.6 is 15.9 Å². The third-order valence-electron chi connectivity index (χ3n) is 3.33. The van der Waals surface area contributed by atoms with E-state index in [1.54, 1.807) is 0 Å². The Balaban J connectivity index is 2.15. The fourth-order valence-corrected chi connectivity index (χ4v) is 2.69. The molecule has 18 heavy (non-hydrogen) atoms. The molecule has 1 heterocycles. The van der Waals surface area contributed by atoms with E-state index in [0.717, 1.165) is 29.4 Å². The predicted molar refractivity (Wildman–Crippen MR) is 74.4 cm³/mol. The zero-order valence-electron chi connectivity index (χ0n) is 10.5. The molecule has 1 unspecified atom stereocenters. The Morgan fingerprint density at radius 1 is 1.44 bits per heavy atom. The molecule has 1 aromatic rings. The van der Waals surface area contributed by atoms with Gasteiger partial charge in [-0.25, -0.2) is 0 Å². The standard InChI is InChI=1S/C14H18BrNO2/c1-2-18-13(17)14(8-3-9-16-14)10-11-4-6-12(15)7-5-11/h4-7,16H,2-3,8-10H2,1H3. The second kappa shape index (κ2) is 5.85. The molecule has 0 spiro atoms. The number of hydrogen-bond acceptors (Lipinski definition) is 3. The number of halogens is 1. The van der Waals surface area contributed by atoms with Crippen molar-refractivity contribution in [1.82, 2.24) is 5.32 Å². The van der Waals surface area contributed by atoms with Crippen molar-refractivity contribution in [1.29, 1.82) is 0 Å². The maximum Gasteiger partial charge on any atom is 0.326 e. The maximum atomic E-state index is 12.1. The van der Waals surface area contributed by atoms with Gasteiger partial charge in [0.25, 0.3) is 0 Å². The Hall–Kier alpha value is -0.870. The summed E-state index contributed by atoms with van der Waals surface area (Å²) < 4.78 is 6.27. The first-order chi connectivity index (χ1) is 8.66. The first-order valence-electron chi connectivity index (χ1n) is 6.33. The van der Waals surface area contributed by atoms with Crippen molar-refractivity contribution in [2.45, 2.75) is 31.7 Å². The second-order valence-electron chi connectivity index (χ2n) is 4.64. The Bertz CT molecular complexity index is 410. The topological polar surface area (TPSA) is 38.3 Å². The lowest BCUT2D eigenvalue weighted by Gasteiger charge is -2.27. The van der Waals surface area contributed by atoms with E-state index in [4.69, 9.17) is 4.74 Å². The first kappa shape index (κ1) is 13.6. The van der Waals surface area contributed by atoms with Crippen LogP contribution in [0, 0.1) is 0 Å². The minimum Gasteiger partial charge on any atom is -0.465 e. The molecule has 0 aliphatic carbocycles. The molecule has 1 saturated heterocycles. The van der Waals surface area contributed by atoms with Crippen molar-refractivity contribution < 1.29 is 9.53 Å². The summed E-state index contributed by atoms with van der Waals surface area (Å²) in [5.41, 5.74) is 0.629. The minimum atomic E-state index is -0.524. The third-order valence-corrected chi connectivity index (χ3v) is 3.86. The molecular formula is C14H18BrNO2. The van der Waals surface area contributed by atoms with E-state index < -0.39 is 5.54 Å². The lowest BCUT2D eigenvalue weighted by atomic mass is 9.89. The predicted octanol–water partition coefficient (Wildman–Crippen LogP) is 2.68. The van der Waals surface area contributed by atoms with Crippen molar-refractivity contribution in [3.8, 4) is 0 Å². The summed E-state index contributed by atoms with van der Waals surface area (Å²) in [4.78, 5) is 12.1. The zero-order chi connectivity index (χ0) is 13.0. The van der Waals surface area contributed by atoms with Crippen LogP contribution in [0.1, 0.15) is 25.3 Å². The smallest absolute Gasteiger partial charge is 0.326 e. The van der Waals surface area contributed by atoms with Gasteiger partial charge in [-0.1, -0.05) is 28.1 Å². The highest BCUT2D eigenvalue weighted by Crippen LogP contribution is 2.26. The van der Waals surface area contributed by atoms with E-state index in [2.05, 4.69) is 21.2 Å². The summed E-state index contributed by atoms with van der Waals surface area (Å²) >= 11 is 3.42. The fraction of sp³-hybridized carbons (Fsp3) is 0.500. The largest absolute Gasteiger partial charge is 0.465 e. The summed E-state index contributed by atoms with van der Waals surface area (Å²) in [7, 11) is 0. The molecule has 1 aliphatic heterocycles. The van der Waals surface area contributed by atoms with Crippen molar-refractivity contribution in [2.75, 3.05) is 13.2 Å². The van der Waals surface area contributed by atoms with Crippen molar-refractivity contribution in [3.63, 3.8) is 0 Å². The van der Waals surface area contributed by atoms with E-state index in [-0.39, 0.29) is 5.97 Å². The third kappa shape index (κ3) is 2.93. The number of benzene rings is 1. The molecule has 1 fully saturated rings. The summed E-state index contributed by atoms with van der Waals surface area (Å²) in [6.45, 7) is 3.16. The monoisotopic (exact) mass is 311 g/mol. The Kier molecular flexibility index (Phi) is 4.40. The molecule has 1 aromatic carbocycles. The van der Waals surface area contributed by atoms with Crippen LogP contribution in [-0.4, -0.2) is 24.7 Å². The molecule has 0 bridgehead atoms. The average molecular weight is 312 g/mol. The van der Waals surface area contributed by atoms with Gasteiger partial charge < -0.3 is 10.1 Å². The van der Waals surface area contributed by atoms with E-state index >= 15 is 0 Å². The summed E-state index contributed by atoms with van der Waals surface area (Å²) in [5, 5.41) is 3.33. The molecular weight excluding hydrogens is 294 g/mol. The lowest BCUT2D eigenvalue weighted by Crippen LogP contribution is -2.50. The lowest BCUT2D eigenvalue weighted by molar-refractivity contribution is -0.150. The highest BCUT2D eigenvalue weighted by atomic mass is 79.9. The normalized spacial score (nSPS) is 23.0. The summed E-state index contributed by atoms with van der Waals surface area (Å²) in [6, 6.07) is 8.10. The SMILES string of the molecule is CCOC(=O)C1(Cc2ccc(Br)cc2)CCCN1. The van der Waals surface area contributed by atoms with Gasteiger partial charge in [0.1, 0.15) is 5.54 Å². The van der Waals surface area contributed by atoms with Crippen molar-refractivity contribution >= 4 is 21.9 Å². The second-order valence-corrected chi connectivity index (χ2v) is 5.55. The number of hydrogen-bond donors (Lipinski definition) is 1. The maximum absolute atomic E-state index is 12.1. The Morgan fingerprint density at radius 3 is 2.72 bits per heavy atom. The molecule has 0 saturated carbocycles. The van der Waals surface area contributed by atoms with Crippen LogP contribution < -0.4 is 5.32 Å². The average Bonchev–Trinajstić information content (AvgIpc) is 2.82. The van der Waals surface area contributed by atoms with E-state index in [1.807, 2.05) is 31.2 Å². The fourth-order valence-electron chi connectivity index (χ4n) is 2.42. The van der Waals surface area contributed by atoms with Gasteiger partial charge in [-0.3, -0.25) is 4.79 Å². The van der Waals surface area contributed by atoms with Gasteiger partial charge in [0.2, 0.25) is 0 Å². The van der Waals surface area contributed by atoms with E-state index in [1.165, 1.54) is 0 Å². The molecule has 2 rings (SSSR count). The quantitative estimate of drug-likeness (QED) is 0.869. The van der Waals surface area contributed by atoms with Gasteiger partial charge in [-0.05, 0) is 44.0 Å². The molecule has 1 atom stereocenters. The molecule has 4 heteroatoms. The summed E-state index contributed by atoms with van der Waals surface area (Å²) in [6.07, 6.45) is 2.57. The van der Waals surface area contributed by atoms with E-state index in [9.17, 15) is 4.79 Å². The van der Waals surface area contributed by atoms with Gasteiger partial charge >= 0.3 is 5.97 Å². The number of ether oxygens (including phenoxy) is 1. The number of carbonyl (C=O) groups excluding carboxylic acids is 1. The molecule has 1 N–H and O–H groups in total. The molecule has 0 radical (unpaired) electrons. The number of carbonyl (C=O) groups is 1. The molecule has 3 nitrogen and oxygen atoms in total. The Morgan fingerprint density at radius 2 is 2.17 bits per heavy atom. The van der Waals surface area contributed by atoms with Crippen LogP contribution in [-0.2, 0) is 16.0 Å². The number of nitrogens with one attached hydrogen (secondary N) is 1. The van der Waals surface area contributed by atoms with Crippen LogP contribution in [0.25, 0.3) is 0 Å². The number of esters is 1. The van der Waals surface area contributed by atoms with Crippen molar-refractivity contribution in [2.24, 2.45) is 0 Å². The van der Waals surface area contributed by atoms with Gasteiger partial charge in [0.15, 0.2) is 0 Å². The molecule has 0 aromatic heterocycles. The van der Waals surface area contributed by atoms with Crippen LogP contribution in [0.3, 0.4) is 0 Å².